The number of piperazine rings is 1. The molecule has 1 fully saturated rings. The maximum absolute atomic E-state index is 13.0. The zero-order valence-corrected chi connectivity index (χ0v) is 15.7. The first kappa shape index (κ1) is 18.9. The summed E-state index contributed by atoms with van der Waals surface area (Å²) in [6.45, 7) is 6.46. The molecule has 1 saturated heterocycles. The molecule has 0 aromatic heterocycles. The van der Waals surface area contributed by atoms with Gasteiger partial charge < -0.3 is 15.1 Å². The predicted molar refractivity (Wildman–Crippen MR) is 103 cm³/mol. The quantitative estimate of drug-likeness (QED) is 0.901. The normalized spacial score (nSPS) is 14.2. The van der Waals surface area contributed by atoms with Gasteiger partial charge in [0.25, 0.3) is 5.91 Å². The van der Waals surface area contributed by atoms with Crippen LogP contribution in [0.15, 0.2) is 42.5 Å². The molecule has 2 aromatic carbocycles. The smallest absolute Gasteiger partial charge is 0.251 e. The lowest BCUT2D eigenvalue weighted by Gasteiger charge is -2.36. The van der Waals surface area contributed by atoms with Crippen LogP contribution in [-0.2, 0) is 4.79 Å². The number of nitrogens with one attached hydrogen (secondary N) is 1. The first-order valence-electron chi connectivity index (χ1n) is 9.08. The Morgan fingerprint density at radius 2 is 1.63 bits per heavy atom. The lowest BCUT2D eigenvalue weighted by Crippen LogP contribution is -2.51. The number of benzene rings is 2. The van der Waals surface area contributed by atoms with Gasteiger partial charge in [0.05, 0.1) is 6.54 Å². The van der Waals surface area contributed by atoms with Crippen LogP contribution in [0.25, 0.3) is 0 Å². The molecule has 0 aliphatic carbocycles. The minimum Gasteiger partial charge on any atom is -0.368 e. The van der Waals surface area contributed by atoms with E-state index in [0.717, 1.165) is 16.8 Å². The van der Waals surface area contributed by atoms with Gasteiger partial charge in [0.15, 0.2) is 0 Å². The highest BCUT2D eigenvalue weighted by Gasteiger charge is 2.21. The number of nitrogens with zero attached hydrogens (tertiary/aromatic N) is 2. The number of hydrogen-bond acceptors (Lipinski definition) is 3. The number of carbonyl (C=O) groups excluding carboxylic acids is 2. The van der Waals surface area contributed by atoms with Gasteiger partial charge in [-0.2, -0.15) is 0 Å². The number of aryl methyl sites for hydroxylation is 2. The van der Waals surface area contributed by atoms with Gasteiger partial charge in [-0.05, 0) is 61.4 Å². The maximum atomic E-state index is 13.0. The molecule has 0 bridgehead atoms. The van der Waals surface area contributed by atoms with Gasteiger partial charge in [-0.25, -0.2) is 4.39 Å². The summed E-state index contributed by atoms with van der Waals surface area (Å²) in [6, 6.07) is 11.9. The van der Waals surface area contributed by atoms with Crippen molar-refractivity contribution < 1.29 is 14.0 Å². The lowest BCUT2D eigenvalue weighted by molar-refractivity contribution is -0.130. The molecule has 1 heterocycles. The summed E-state index contributed by atoms with van der Waals surface area (Å²) < 4.78 is 13.0. The zero-order valence-electron chi connectivity index (χ0n) is 15.7. The third-order valence-electron chi connectivity index (χ3n) is 4.99. The number of hydrogen-bond donors (Lipinski definition) is 1. The highest BCUT2D eigenvalue weighted by molar-refractivity contribution is 5.96. The Balaban J connectivity index is 1.48. The summed E-state index contributed by atoms with van der Waals surface area (Å²) in [4.78, 5) is 28.5. The highest BCUT2D eigenvalue weighted by atomic mass is 19.1. The van der Waals surface area contributed by atoms with Crippen molar-refractivity contribution in [1.82, 2.24) is 10.2 Å². The molecule has 1 aliphatic heterocycles. The molecule has 2 aromatic rings. The molecule has 6 heteroatoms. The van der Waals surface area contributed by atoms with Crippen molar-refractivity contribution in [3.05, 3.63) is 65.0 Å². The zero-order chi connectivity index (χ0) is 19.4. The fourth-order valence-corrected chi connectivity index (χ4v) is 3.12. The number of anilines is 1. The first-order chi connectivity index (χ1) is 12.9. The van der Waals surface area contributed by atoms with E-state index in [1.165, 1.54) is 12.1 Å². The Morgan fingerprint density at radius 1 is 0.963 bits per heavy atom. The van der Waals surface area contributed by atoms with Gasteiger partial charge in [0.1, 0.15) is 5.82 Å². The van der Waals surface area contributed by atoms with Crippen LogP contribution in [0.4, 0.5) is 10.1 Å². The molecule has 1 aliphatic rings. The van der Waals surface area contributed by atoms with E-state index < -0.39 is 0 Å². The predicted octanol–water partition coefficient (Wildman–Crippen LogP) is 2.52. The van der Waals surface area contributed by atoms with Gasteiger partial charge in [-0.3, -0.25) is 9.59 Å². The van der Waals surface area contributed by atoms with Crippen LogP contribution in [-0.4, -0.2) is 49.4 Å². The van der Waals surface area contributed by atoms with Crippen molar-refractivity contribution in [3.8, 4) is 0 Å². The van der Waals surface area contributed by atoms with Gasteiger partial charge in [-0.15, -0.1) is 0 Å². The van der Waals surface area contributed by atoms with Crippen LogP contribution in [0.5, 0.6) is 0 Å². The third-order valence-corrected chi connectivity index (χ3v) is 4.99. The van der Waals surface area contributed by atoms with Crippen LogP contribution in [0, 0.1) is 19.7 Å². The number of amides is 2. The van der Waals surface area contributed by atoms with E-state index in [2.05, 4.69) is 10.2 Å². The largest absolute Gasteiger partial charge is 0.368 e. The summed E-state index contributed by atoms with van der Waals surface area (Å²) in [5.74, 6) is -0.589. The molecule has 0 spiro atoms. The van der Waals surface area contributed by atoms with Crippen molar-refractivity contribution in [2.45, 2.75) is 13.8 Å². The molecular formula is C21H24FN3O2. The molecule has 0 unspecified atom stereocenters. The van der Waals surface area contributed by atoms with Crippen molar-refractivity contribution >= 4 is 17.5 Å². The van der Waals surface area contributed by atoms with Crippen molar-refractivity contribution in [3.63, 3.8) is 0 Å². The van der Waals surface area contributed by atoms with E-state index in [1.807, 2.05) is 26.0 Å². The van der Waals surface area contributed by atoms with Crippen molar-refractivity contribution in [1.29, 1.82) is 0 Å². The fourth-order valence-electron chi connectivity index (χ4n) is 3.12. The molecule has 142 valence electrons. The Hall–Kier alpha value is -2.89. The fraction of sp³-hybridized carbons (Fsp3) is 0.333. The second-order valence-corrected chi connectivity index (χ2v) is 6.83. The molecular weight excluding hydrogens is 345 g/mol. The van der Waals surface area contributed by atoms with E-state index in [-0.39, 0.29) is 24.2 Å². The number of rotatable bonds is 4. The summed E-state index contributed by atoms with van der Waals surface area (Å²) in [5.41, 5.74) is 3.69. The van der Waals surface area contributed by atoms with Gasteiger partial charge in [0, 0.05) is 37.4 Å². The Bertz CT molecular complexity index is 828. The Morgan fingerprint density at radius 3 is 2.26 bits per heavy atom. The second kappa shape index (κ2) is 8.20. The number of halogens is 1. The van der Waals surface area contributed by atoms with Crippen LogP contribution in [0.2, 0.25) is 0 Å². The van der Waals surface area contributed by atoms with E-state index in [4.69, 9.17) is 0 Å². The molecule has 0 radical (unpaired) electrons. The van der Waals surface area contributed by atoms with Crippen LogP contribution >= 0.6 is 0 Å². The molecule has 27 heavy (non-hydrogen) atoms. The number of carbonyl (C=O) groups is 2. The maximum Gasteiger partial charge on any atom is 0.251 e. The van der Waals surface area contributed by atoms with Crippen molar-refractivity contribution in [2.75, 3.05) is 37.6 Å². The Kier molecular flexibility index (Phi) is 5.74. The summed E-state index contributed by atoms with van der Waals surface area (Å²) in [7, 11) is 0. The topological polar surface area (TPSA) is 52.7 Å². The molecule has 2 amide bonds. The summed E-state index contributed by atoms with van der Waals surface area (Å²) in [5, 5.41) is 2.71. The second-order valence-electron chi connectivity index (χ2n) is 6.83. The molecule has 3 rings (SSSR count). The Labute approximate surface area is 158 Å². The minimum atomic E-state index is -0.257. The molecule has 0 atom stereocenters. The van der Waals surface area contributed by atoms with E-state index in [1.54, 1.807) is 23.1 Å². The van der Waals surface area contributed by atoms with Gasteiger partial charge in [0.2, 0.25) is 5.91 Å². The average Bonchev–Trinajstić information content (AvgIpc) is 2.68. The van der Waals surface area contributed by atoms with Crippen LogP contribution in [0.3, 0.4) is 0 Å². The first-order valence-corrected chi connectivity index (χ1v) is 9.08. The SMILES string of the molecule is Cc1ccc(C(=O)NCC(=O)N2CCN(c3ccc(F)cc3)CC2)cc1C. The average molecular weight is 369 g/mol. The standard InChI is InChI=1S/C21H24FN3O2/c1-15-3-4-17(13-16(15)2)21(27)23-14-20(26)25-11-9-24(10-12-25)19-7-5-18(22)6-8-19/h3-8,13H,9-12,14H2,1-2H3,(H,23,27). The summed E-state index contributed by atoms with van der Waals surface area (Å²) in [6.07, 6.45) is 0. The lowest BCUT2D eigenvalue weighted by atomic mass is 10.1. The van der Waals surface area contributed by atoms with Crippen LogP contribution < -0.4 is 10.2 Å². The van der Waals surface area contributed by atoms with Crippen molar-refractivity contribution in [2.24, 2.45) is 0 Å². The van der Waals surface area contributed by atoms with E-state index >= 15 is 0 Å². The van der Waals surface area contributed by atoms with E-state index in [0.29, 0.717) is 31.7 Å². The third kappa shape index (κ3) is 4.64. The highest BCUT2D eigenvalue weighted by Crippen LogP contribution is 2.17. The monoisotopic (exact) mass is 369 g/mol. The van der Waals surface area contributed by atoms with Gasteiger partial charge >= 0.3 is 0 Å². The summed E-state index contributed by atoms with van der Waals surface area (Å²) >= 11 is 0. The minimum absolute atomic E-state index is 0.0116. The molecule has 1 N–H and O–H groups in total. The molecule has 0 saturated carbocycles. The van der Waals surface area contributed by atoms with Gasteiger partial charge in [-0.1, -0.05) is 6.07 Å². The molecule has 5 nitrogen and oxygen atoms in total. The van der Waals surface area contributed by atoms with E-state index in [9.17, 15) is 14.0 Å². The van der Waals surface area contributed by atoms with Crippen LogP contribution in [0.1, 0.15) is 21.5 Å².